The average molecular weight is 576 g/mol. The van der Waals surface area contributed by atoms with Crippen LogP contribution in [-0.4, -0.2) is 18.1 Å². The summed E-state index contributed by atoms with van der Waals surface area (Å²) in [7, 11) is 0. The highest BCUT2D eigenvalue weighted by atomic mass is 35.5. The zero-order valence-electron chi connectivity index (χ0n) is 23.9. The Morgan fingerprint density at radius 1 is 0.667 bits per heavy atom. The highest BCUT2D eigenvalue weighted by molar-refractivity contribution is 6.18. The van der Waals surface area contributed by atoms with Gasteiger partial charge in [-0.25, -0.2) is 0 Å². The fourth-order valence-corrected chi connectivity index (χ4v) is 5.07. The topological polar surface area (TPSA) is 46.2 Å². The zero-order chi connectivity index (χ0) is 28.9. The first-order chi connectivity index (χ1) is 20.1. The van der Waals surface area contributed by atoms with Gasteiger partial charge in [-0.3, -0.25) is 9.59 Å². The van der Waals surface area contributed by atoms with Gasteiger partial charge in [-0.05, 0) is 60.4 Å². The number of carbonyl (C=O) groups excluding carboxylic acids is 2. The third-order valence-electron chi connectivity index (χ3n) is 7.30. The number of carbonyl (C=O) groups is 2. The first-order valence-corrected chi connectivity index (χ1v) is 14.1. The Kier molecular flexibility index (Phi) is 12.9. The van der Waals surface area contributed by atoms with Gasteiger partial charge in [-0.2, -0.15) is 0 Å². The molecular formula is C38H38ClNO2. The van der Waals surface area contributed by atoms with Gasteiger partial charge in [0.15, 0.2) is 11.6 Å². The van der Waals surface area contributed by atoms with Crippen molar-refractivity contribution in [1.29, 1.82) is 0 Å². The van der Waals surface area contributed by atoms with Crippen LogP contribution in [0.1, 0.15) is 53.5 Å². The van der Waals surface area contributed by atoms with Crippen molar-refractivity contribution in [1.82, 2.24) is 5.32 Å². The van der Waals surface area contributed by atoms with Crippen molar-refractivity contribution in [3.05, 3.63) is 180 Å². The largest absolute Gasteiger partial charge is 0.310 e. The van der Waals surface area contributed by atoms with E-state index in [1.54, 1.807) is 6.08 Å². The van der Waals surface area contributed by atoms with Crippen LogP contribution in [0.25, 0.3) is 0 Å². The Bertz CT molecular complexity index is 1430. The average Bonchev–Trinajstić information content (AvgIpc) is 3.03. The summed E-state index contributed by atoms with van der Waals surface area (Å²) < 4.78 is 0. The van der Waals surface area contributed by atoms with Crippen LogP contribution < -0.4 is 5.32 Å². The van der Waals surface area contributed by atoms with Gasteiger partial charge < -0.3 is 5.32 Å². The Balaban J connectivity index is 0.000000238. The number of allylic oxidation sites excluding steroid dienone is 5. The van der Waals surface area contributed by atoms with Crippen molar-refractivity contribution < 1.29 is 9.59 Å². The minimum atomic E-state index is -0.224. The molecule has 0 radical (unpaired) electrons. The molecule has 4 aromatic carbocycles. The zero-order valence-corrected chi connectivity index (χ0v) is 24.8. The molecule has 1 N–H and O–H groups in total. The molecule has 42 heavy (non-hydrogen) atoms. The first-order valence-electron chi connectivity index (χ1n) is 14.1. The third kappa shape index (κ3) is 9.10. The molecule has 1 aliphatic carbocycles. The molecule has 0 spiro atoms. The highest BCUT2D eigenvalue weighted by Gasteiger charge is 2.21. The fraction of sp³-hybridized carbons (Fsp3) is 0.158. The van der Waals surface area contributed by atoms with Crippen molar-refractivity contribution in [3.63, 3.8) is 0 Å². The summed E-state index contributed by atoms with van der Waals surface area (Å²) >= 11 is 0. The van der Waals surface area contributed by atoms with E-state index in [4.69, 9.17) is 0 Å². The number of halogens is 1. The van der Waals surface area contributed by atoms with E-state index in [0.29, 0.717) is 17.5 Å². The van der Waals surface area contributed by atoms with Gasteiger partial charge >= 0.3 is 0 Å². The molecule has 1 aliphatic rings. The van der Waals surface area contributed by atoms with Crippen molar-refractivity contribution in [2.75, 3.05) is 6.54 Å². The maximum Gasteiger partial charge on any atom is 0.183 e. The van der Waals surface area contributed by atoms with Crippen LogP contribution in [-0.2, 0) is 9.59 Å². The van der Waals surface area contributed by atoms with E-state index in [1.165, 1.54) is 34.9 Å². The molecule has 3 nitrogen and oxygen atoms in total. The maximum atomic E-state index is 11.8. The van der Waals surface area contributed by atoms with Gasteiger partial charge in [0.05, 0.1) is 0 Å². The van der Waals surface area contributed by atoms with Crippen molar-refractivity contribution in [3.8, 4) is 0 Å². The molecular weight excluding hydrogens is 538 g/mol. The predicted molar refractivity (Wildman–Crippen MR) is 176 cm³/mol. The van der Waals surface area contributed by atoms with E-state index in [1.807, 2.05) is 30.3 Å². The number of hydrogen-bond acceptors (Lipinski definition) is 3. The third-order valence-corrected chi connectivity index (χ3v) is 7.30. The van der Waals surface area contributed by atoms with Crippen LogP contribution in [0.4, 0.5) is 0 Å². The van der Waals surface area contributed by atoms with E-state index >= 15 is 0 Å². The van der Waals surface area contributed by atoms with Gasteiger partial charge in [-0.1, -0.05) is 127 Å². The Morgan fingerprint density at radius 3 is 1.60 bits per heavy atom. The van der Waals surface area contributed by atoms with E-state index in [2.05, 4.69) is 110 Å². The van der Waals surface area contributed by atoms with Crippen LogP contribution in [0.15, 0.2) is 158 Å². The molecule has 214 valence electrons. The van der Waals surface area contributed by atoms with Crippen LogP contribution in [0.5, 0.6) is 0 Å². The van der Waals surface area contributed by atoms with E-state index in [-0.39, 0.29) is 29.9 Å². The Hall–Kier alpha value is -4.31. The van der Waals surface area contributed by atoms with E-state index < -0.39 is 0 Å². The summed E-state index contributed by atoms with van der Waals surface area (Å²) in [5, 5.41) is 3.67. The highest BCUT2D eigenvalue weighted by Crippen LogP contribution is 2.29. The molecule has 2 atom stereocenters. The quantitative estimate of drug-likeness (QED) is 0.152. The van der Waals surface area contributed by atoms with Crippen molar-refractivity contribution in [2.24, 2.45) is 0 Å². The second-order valence-electron chi connectivity index (χ2n) is 10.1. The number of hydrogen-bond donors (Lipinski definition) is 1. The van der Waals surface area contributed by atoms with Gasteiger partial charge in [0, 0.05) is 23.5 Å². The second-order valence-corrected chi connectivity index (χ2v) is 10.1. The van der Waals surface area contributed by atoms with E-state index in [9.17, 15) is 9.59 Å². The molecule has 2 unspecified atom stereocenters. The minimum Gasteiger partial charge on any atom is -0.310 e. The molecule has 0 saturated carbocycles. The maximum absolute atomic E-state index is 11.8. The monoisotopic (exact) mass is 575 g/mol. The lowest BCUT2D eigenvalue weighted by Crippen LogP contribution is -2.21. The van der Waals surface area contributed by atoms with E-state index in [0.717, 1.165) is 18.5 Å². The van der Waals surface area contributed by atoms with Crippen LogP contribution >= 0.6 is 12.4 Å². The number of nitrogens with one attached hydrogen (secondary N) is 1. The van der Waals surface area contributed by atoms with Crippen LogP contribution in [0, 0.1) is 0 Å². The normalized spacial score (nSPS) is 13.7. The molecule has 0 fully saturated rings. The number of rotatable bonds is 10. The summed E-state index contributed by atoms with van der Waals surface area (Å²) in [6.45, 7) is 6.97. The molecule has 4 aromatic rings. The predicted octanol–water partition coefficient (Wildman–Crippen LogP) is 8.57. The van der Waals surface area contributed by atoms with Gasteiger partial charge in [0.25, 0.3) is 0 Å². The fourth-order valence-electron chi connectivity index (χ4n) is 5.07. The first kappa shape index (κ1) is 32.2. The Labute approximate surface area is 256 Å². The lowest BCUT2D eigenvalue weighted by atomic mass is 9.86. The summed E-state index contributed by atoms with van der Waals surface area (Å²) in [6, 6.07) is 42.2. The standard InChI is InChI=1S/C23H25N.C15H12O2.ClH/c1-19(20-11-5-2-6-12-20)24-18-17-23(21-13-7-3-8-14-21)22-15-9-4-10-16-22;1-2-13(11-6-4-3-5-7-11)14-10-12(16)8-9-15(14)17;/h2-16,19,23-24H,17-18H2,1H3;2-10,13H,1H2;1H. The van der Waals surface area contributed by atoms with Gasteiger partial charge in [-0.15, -0.1) is 19.0 Å². The molecule has 0 amide bonds. The summed E-state index contributed by atoms with van der Waals surface area (Å²) in [5.41, 5.74) is 5.56. The number of benzene rings is 4. The van der Waals surface area contributed by atoms with Crippen molar-refractivity contribution >= 4 is 24.0 Å². The van der Waals surface area contributed by atoms with Gasteiger partial charge in [0.2, 0.25) is 0 Å². The molecule has 4 heteroatoms. The smallest absolute Gasteiger partial charge is 0.183 e. The minimum absolute atomic E-state index is 0. The molecule has 0 heterocycles. The molecule has 0 aliphatic heterocycles. The lowest BCUT2D eigenvalue weighted by Gasteiger charge is -2.20. The molecule has 0 aromatic heterocycles. The Morgan fingerprint density at radius 2 is 1.12 bits per heavy atom. The summed E-state index contributed by atoms with van der Waals surface area (Å²) in [6.07, 6.45) is 6.77. The van der Waals surface area contributed by atoms with Crippen LogP contribution in [0.2, 0.25) is 0 Å². The summed E-state index contributed by atoms with van der Waals surface area (Å²) in [5.74, 6) is -0.0683. The van der Waals surface area contributed by atoms with Crippen molar-refractivity contribution in [2.45, 2.75) is 31.2 Å². The second kappa shape index (κ2) is 16.8. The lowest BCUT2D eigenvalue weighted by molar-refractivity contribution is -0.114. The SMILES string of the molecule is C=CC(C1=CC(=O)C=CC1=O)c1ccccc1.CC(NCCC(c1ccccc1)c1ccccc1)c1ccccc1.Cl. The van der Waals surface area contributed by atoms with Crippen LogP contribution in [0.3, 0.4) is 0 Å². The summed E-state index contributed by atoms with van der Waals surface area (Å²) in [4.78, 5) is 23.1. The van der Waals surface area contributed by atoms with Gasteiger partial charge in [0.1, 0.15) is 0 Å². The molecule has 5 rings (SSSR count). The number of ketones is 2. The molecule has 0 saturated heterocycles. The molecule has 0 bridgehead atoms.